The normalized spacial score (nSPS) is 20.6. The van der Waals surface area contributed by atoms with Crippen molar-refractivity contribution in [2.24, 2.45) is 5.22 Å². The Morgan fingerprint density at radius 3 is 2.70 bits per heavy atom. The molecule has 10 nitrogen and oxygen atoms in total. The number of benzene rings is 2. The number of fused-ring (bicyclic) bond motifs is 2. The predicted octanol–water partition coefficient (Wildman–Crippen LogP) is 5.55. The number of pyridine rings is 1. The number of nitrogens with one attached hydrogen (secondary N) is 3. The summed E-state index contributed by atoms with van der Waals surface area (Å²) in [7, 11) is 0. The number of ether oxygens (including phenoxy) is 3. The van der Waals surface area contributed by atoms with Gasteiger partial charge in [-0.15, -0.1) is 0 Å². The molecule has 2 aromatic carbocycles. The van der Waals surface area contributed by atoms with E-state index < -0.39 is 0 Å². The summed E-state index contributed by atoms with van der Waals surface area (Å²) in [4.78, 5) is 12.4. The number of nitrogens with zero attached hydrogens (tertiary/aromatic N) is 4. The molecule has 0 spiro atoms. The number of halogens is 1. The molecule has 6 rings (SSSR count). The fraction of sp³-hybridized carbons (Fsp3) is 0.269. The van der Waals surface area contributed by atoms with Crippen LogP contribution >= 0.6 is 11.6 Å². The lowest BCUT2D eigenvalue weighted by Crippen LogP contribution is -2.32. The quantitative estimate of drug-likeness (QED) is 0.127. The molecular weight excluding hydrogens is 494 g/mol. The minimum atomic E-state index is -0.206. The van der Waals surface area contributed by atoms with Crippen LogP contribution in [0.15, 0.2) is 53.8 Å². The second-order valence-corrected chi connectivity index (χ2v) is 9.44. The van der Waals surface area contributed by atoms with Crippen molar-refractivity contribution in [3.63, 3.8) is 0 Å². The lowest BCUT2D eigenvalue weighted by molar-refractivity contribution is 0.0273. The third kappa shape index (κ3) is 4.33. The lowest BCUT2D eigenvalue weighted by Gasteiger charge is -2.15. The van der Waals surface area contributed by atoms with Crippen LogP contribution in [0.3, 0.4) is 0 Å². The molecule has 0 radical (unpaired) electrons. The molecule has 188 valence electrons. The summed E-state index contributed by atoms with van der Waals surface area (Å²) in [5.41, 5.74) is 13.6. The molecule has 0 amide bonds. The van der Waals surface area contributed by atoms with Crippen molar-refractivity contribution in [3.8, 4) is 28.4 Å². The van der Waals surface area contributed by atoms with Crippen molar-refractivity contribution in [2.45, 2.75) is 31.7 Å². The molecule has 1 unspecified atom stereocenters. The van der Waals surface area contributed by atoms with Gasteiger partial charge < -0.3 is 19.2 Å². The molecule has 0 saturated carbocycles. The fourth-order valence-corrected chi connectivity index (χ4v) is 5.17. The molecule has 2 aromatic heterocycles. The molecule has 37 heavy (non-hydrogen) atoms. The molecule has 2 aliphatic rings. The predicted molar refractivity (Wildman–Crippen MR) is 139 cm³/mol. The first-order chi connectivity index (χ1) is 18.0. The van der Waals surface area contributed by atoms with E-state index in [1.54, 1.807) is 0 Å². The summed E-state index contributed by atoms with van der Waals surface area (Å²) in [6.45, 7) is 3.14. The number of H-pyrrole nitrogens is 1. The van der Waals surface area contributed by atoms with Crippen LogP contribution in [0.4, 0.5) is 5.69 Å². The van der Waals surface area contributed by atoms with Gasteiger partial charge in [0.2, 0.25) is 0 Å². The summed E-state index contributed by atoms with van der Waals surface area (Å²) in [6, 6.07) is 15.8. The molecule has 3 N–H and O–H groups in total. The molecule has 11 heteroatoms. The summed E-state index contributed by atoms with van der Waals surface area (Å²) >= 11 is 6.61. The highest BCUT2D eigenvalue weighted by Crippen LogP contribution is 2.34. The van der Waals surface area contributed by atoms with Gasteiger partial charge in [0.15, 0.2) is 11.8 Å². The smallest absolute Gasteiger partial charge is 0.296 e. The fourth-order valence-electron chi connectivity index (χ4n) is 4.91. The zero-order valence-corrected chi connectivity index (χ0v) is 20.7. The van der Waals surface area contributed by atoms with E-state index in [0.717, 1.165) is 35.0 Å². The highest BCUT2D eigenvalue weighted by Gasteiger charge is 2.43. The Labute approximate surface area is 217 Å². The molecule has 0 aliphatic carbocycles. The second-order valence-electron chi connectivity index (χ2n) is 9.03. The van der Waals surface area contributed by atoms with E-state index in [1.165, 1.54) is 5.01 Å². The van der Waals surface area contributed by atoms with Crippen molar-refractivity contribution in [3.05, 3.63) is 59.1 Å². The largest absolute Gasteiger partial charge is 0.456 e. The van der Waals surface area contributed by atoms with Crippen molar-refractivity contribution >= 4 is 34.8 Å². The van der Waals surface area contributed by atoms with Crippen LogP contribution in [0.5, 0.6) is 6.01 Å². The number of aromatic nitrogens is 3. The molecule has 3 atom stereocenters. The van der Waals surface area contributed by atoms with Crippen LogP contribution < -0.4 is 9.75 Å². The third-order valence-electron chi connectivity index (χ3n) is 6.76. The summed E-state index contributed by atoms with van der Waals surface area (Å²) in [6.07, 6.45) is 1.71. The maximum atomic E-state index is 7.38. The second kappa shape index (κ2) is 9.55. The van der Waals surface area contributed by atoms with Crippen LogP contribution in [-0.2, 0) is 9.47 Å². The molecule has 2 saturated heterocycles. The van der Waals surface area contributed by atoms with Gasteiger partial charge in [-0.3, -0.25) is 5.41 Å². The summed E-state index contributed by atoms with van der Waals surface area (Å²) in [5.74, 6) is 0. The van der Waals surface area contributed by atoms with Gasteiger partial charge in [0.25, 0.3) is 6.01 Å². The number of aromatic amines is 1. The van der Waals surface area contributed by atoms with Crippen molar-refractivity contribution in [2.75, 3.05) is 18.2 Å². The van der Waals surface area contributed by atoms with E-state index in [1.807, 2.05) is 55.5 Å². The van der Waals surface area contributed by atoms with E-state index in [4.69, 9.17) is 41.7 Å². The zero-order chi connectivity index (χ0) is 25.5. The van der Waals surface area contributed by atoms with Gasteiger partial charge in [0.1, 0.15) is 12.4 Å². The molecule has 4 aromatic rings. The van der Waals surface area contributed by atoms with Gasteiger partial charge >= 0.3 is 0 Å². The van der Waals surface area contributed by atoms with Crippen LogP contribution in [0, 0.1) is 17.9 Å². The monoisotopic (exact) mass is 517 g/mol. The Bertz CT molecular complexity index is 1480. The van der Waals surface area contributed by atoms with E-state index >= 15 is 0 Å². The van der Waals surface area contributed by atoms with Crippen LogP contribution in [-0.4, -0.2) is 52.8 Å². The first-order valence-electron chi connectivity index (χ1n) is 11.9. The van der Waals surface area contributed by atoms with E-state index in [-0.39, 0.29) is 18.3 Å². The van der Waals surface area contributed by atoms with Gasteiger partial charge in [-0.1, -0.05) is 47.2 Å². The maximum absolute atomic E-state index is 7.38. The molecule has 2 aliphatic heterocycles. The summed E-state index contributed by atoms with van der Waals surface area (Å²) < 4.78 is 17.6. The van der Waals surface area contributed by atoms with E-state index in [2.05, 4.69) is 15.2 Å². The highest BCUT2D eigenvalue weighted by atomic mass is 35.5. The number of hydrogen-bond acceptors (Lipinski definition) is 8. The topological polar surface area (TPSA) is 133 Å². The average Bonchev–Trinajstić information content (AvgIpc) is 3.62. The molecule has 4 heterocycles. The van der Waals surface area contributed by atoms with Crippen LogP contribution in [0.2, 0.25) is 5.02 Å². The van der Waals surface area contributed by atoms with Gasteiger partial charge in [-0.2, -0.15) is 10.5 Å². The van der Waals surface area contributed by atoms with Crippen LogP contribution in [0.1, 0.15) is 12.0 Å². The Morgan fingerprint density at radius 2 is 1.95 bits per heavy atom. The van der Waals surface area contributed by atoms with Gasteiger partial charge in [-0.05, 0) is 48.2 Å². The Kier molecular flexibility index (Phi) is 6.07. The van der Waals surface area contributed by atoms with Gasteiger partial charge in [-0.25, -0.2) is 9.99 Å². The first kappa shape index (κ1) is 23.5. The number of rotatable bonds is 7. The van der Waals surface area contributed by atoms with Crippen molar-refractivity contribution < 1.29 is 14.2 Å². The standard InChI is InChI=1S/C26H24ClN7O3/c1-14-10-17(34(13-28)33-29)6-7-18(14)15-2-4-16(5-3-15)23-19(27)11-20-25(31-23)32-26(30-20)37-22-12-36-21-8-9-35-24(21)22/h2-7,10-11,13,21-22,24,28-29H,8-9,12H2,1H3,(H,30,31,32)/t21-,22?,24+/m1/s1. The maximum Gasteiger partial charge on any atom is 0.296 e. The SMILES string of the molecule is Cc1cc(N(C=N)N=N)ccc1-c1ccc(-c2nc3nc(OC4CO[C@@H]5CCO[C@H]45)[nH]c3cc2Cl)cc1. The minimum Gasteiger partial charge on any atom is -0.456 e. The zero-order valence-electron chi connectivity index (χ0n) is 19.9. The lowest BCUT2D eigenvalue weighted by atomic mass is 9.98. The molecule has 2 fully saturated rings. The number of anilines is 1. The van der Waals surface area contributed by atoms with Crippen LogP contribution in [0.25, 0.3) is 33.5 Å². The first-order valence-corrected chi connectivity index (χ1v) is 12.3. The highest BCUT2D eigenvalue weighted by molar-refractivity contribution is 6.33. The molecular formula is C26H24ClN7O3. The van der Waals surface area contributed by atoms with Gasteiger partial charge in [0.05, 0.1) is 34.6 Å². The van der Waals surface area contributed by atoms with Gasteiger partial charge in [0, 0.05) is 12.2 Å². The number of aryl methyl sites for hydroxylation is 1. The average molecular weight is 518 g/mol. The van der Waals surface area contributed by atoms with Crippen molar-refractivity contribution in [1.29, 1.82) is 10.9 Å². The Hall–Kier alpha value is -3.86. The van der Waals surface area contributed by atoms with E-state index in [0.29, 0.717) is 46.8 Å². The van der Waals surface area contributed by atoms with E-state index in [9.17, 15) is 0 Å². The summed E-state index contributed by atoms with van der Waals surface area (Å²) in [5, 5.41) is 12.4. The Balaban J connectivity index is 1.24. The Morgan fingerprint density at radius 1 is 1.14 bits per heavy atom. The number of hydrogen-bond donors (Lipinski definition) is 3. The third-order valence-corrected chi connectivity index (χ3v) is 7.05. The molecule has 0 bridgehead atoms. The number of imidazole rings is 1. The minimum absolute atomic E-state index is 0.0683. The van der Waals surface area contributed by atoms with Crippen molar-refractivity contribution in [1.82, 2.24) is 15.0 Å².